The van der Waals surface area contributed by atoms with Crippen LogP contribution in [0, 0.1) is 11.3 Å². The number of halogens is 1. The number of nitrogens with one attached hydrogen (secondary N) is 2. The van der Waals surface area contributed by atoms with Gasteiger partial charge in [0.1, 0.15) is 6.10 Å². The Hall–Kier alpha value is -0.770. The molecule has 5 heteroatoms. The highest BCUT2D eigenvalue weighted by atomic mass is 35.5. The molecule has 4 nitrogen and oxygen atoms in total. The number of amidine groups is 1. The van der Waals surface area contributed by atoms with E-state index in [0.717, 1.165) is 32.1 Å². The molecule has 1 heterocycles. The number of carbonyl (C=O) groups excluding carboxylic acids is 1. The lowest BCUT2D eigenvalue weighted by Gasteiger charge is -2.39. The summed E-state index contributed by atoms with van der Waals surface area (Å²) in [6.07, 6.45) is 4.93. The summed E-state index contributed by atoms with van der Waals surface area (Å²) in [6.45, 7) is 1.47. The predicted molar refractivity (Wildman–Crippen MR) is 64.0 cm³/mol. The standard InChI is InChI=1S/C11H18N2O2.ClH/c1-7(14)15-9-3-4-10-8(6-9)2-5-11(12)13-10;/h8-10H,2-6H2,1H3,(H2,12,13);1H. The van der Waals surface area contributed by atoms with Crippen LogP contribution in [0.2, 0.25) is 0 Å². The second-order valence-electron chi connectivity index (χ2n) is 4.57. The van der Waals surface area contributed by atoms with Crippen molar-refractivity contribution in [1.29, 1.82) is 5.41 Å². The molecule has 0 aromatic rings. The van der Waals surface area contributed by atoms with Crippen molar-refractivity contribution >= 4 is 24.2 Å². The van der Waals surface area contributed by atoms with Crippen molar-refractivity contribution in [3.05, 3.63) is 0 Å². The van der Waals surface area contributed by atoms with Gasteiger partial charge in [0, 0.05) is 19.4 Å². The number of esters is 1. The van der Waals surface area contributed by atoms with Crippen molar-refractivity contribution in [3.63, 3.8) is 0 Å². The first-order valence-electron chi connectivity index (χ1n) is 5.66. The maximum absolute atomic E-state index is 10.9. The molecule has 2 N–H and O–H groups in total. The molecule has 0 spiro atoms. The summed E-state index contributed by atoms with van der Waals surface area (Å²) in [7, 11) is 0. The van der Waals surface area contributed by atoms with E-state index in [0.29, 0.717) is 17.8 Å². The molecule has 0 amide bonds. The van der Waals surface area contributed by atoms with E-state index >= 15 is 0 Å². The minimum atomic E-state index is -0.171. The van der Waals surface area contributed by atoms with Gasteiger partial charge in [0.15, 0.2) is 0 Å². The van der Waals surface area contributed by atoms with Crippen LogP contribution >= 0.6 is 12.4 Å². The van der Waals surface area contributed by atoms with Crippen molar-refractivity contribution in [2.24, 2.45) is 5.92 Å². The van der Waals surface area contributed by atoms with E-state index in [4.69, 9.17) is 10.1 Å². The van der Waals surface area contributed by atoms with Crippen LogP contribution in [0.4, 0.5) is 0 Å². The van der Waals surface area contributed by atoms with Crippen LogP contribution in [0.5, 0.6) is 0 Å². The lowest BCUT2D eigenvalue weighted by Crippen LogP contribution is -2.48. The Balaban J connectivity index is 0.00000128. The Morgan fingerprint density at radius 3 is 2.88 bits per heavy atom. The van der Waals surface area contributed by atoms with Gasteiger partial charge in [-0.05, 0) is 31.6 Å². The number of fused-ring (bicyclic) bond motifs is 1. The van der Waals surface area contributed by atoms with Gasteiger partial charge in [-0.1, -0.05) is 0 Å². The van der Waals surface area contributed by atoms with E-state index in [1.165, 1.54) is 6.92 Å². The van der Waals surface area contributed by atoms with Crippen LogP contribution < -0.4 is 5.32 Å². The van der Waals surface area contributed by atoms with E-state index in [-0.39, 0.29) is 24.5 Å². The predicted octanol–water partition coefficient (Wildman–Crippen LogP) is 1.87. The molecule has 0 radical (unpaired) electrons. The molecule has 2 aliphatic rings. The molecule has 92 valence electrons. The fourth-order valence-electron chi connectivity index (χ4n) is 2.70. The maximum Gasteiger partial charge on any atom is 0.302 e. The van der Waals surface area contributed by atoms with Crippen LogP contribution in [-0.4, -0.2) is 24.0 Å². The molecule has 16 heavy (non-hydrogen) atoms. The molecule has 2 rings (SSSR count). The van der Waals surface area contributed by atoms with Gasteiger partial charge in [-0.15, -0.1) is 12.4 Å². The van der Waals surface area contributed by atoms with Crippen LogP contribution in [0.3, 0.4) is 0 Å². The minimum absolute atomic E-state index is 0. The molecule has 2 fully saturated rings. The largest absolute Gasteiger partial charge is 0.463 e. The SMILES string of the molecule is CC(=O)OC1CCC2NC(=N)CCC2C1.Cl. The van der Waals surface area contributed by atoms with Gasteiger partial charge >= 0.3 is 5.97 Å². The van der Waals surface area contributed by atoms with Crippen LogP contribution in [0.1, 0.15) is 39.0 Å². The lowest BCUT2D eigenvalue weighted by atomic mass is 9.78. The van der Waals surface area contributed by atoms with Crippen molar-refractivity contribution in [1.82, 2.24) is 5.32 Å². The maximum atomic E-state index is 10.9. The van der Waals surface area contributed by atoms with Crippen molar-refractivity contribution < 1.29 is 9.53 Å². The molecule has 1 aliphatic carbocycles. The number of hydrogen-bond donors (Lipinski definition) is 2. The van der Waals surface area contributed by atoms with Crippen LogP contribution in [0.15, 0.2) is 0 Å². The van der Waals surface area contributed by atoms with E-state index in [2.05, 4.69) is 5.32 Å². The molecule has 1 saturated carbocycles. The van der Waals surface area contributed by atoms with E-state index < -0.39 is 0 Å². The minimum Gasteiger partial charge on any atom is -0.463 e. The second kappa shape index (κ2) is 5.53. The first-order chi connectivity index (χ1) is 7.15. The number of ether oxygens (including phenoxy) is 1. The molecule has 0 bridgehead atoms. The van der Waals surface area contributed by atoms with E-state index in [1.807, 2.05) is 0 Å². The lowest BCUT2D eigenvalue weighted by molar-refractivity contribution is -0.148. The molecule has 0 aromatic heterocycles. The fourth-order valence-corrected chi connectivity index (χ4v) is 2.70. The van der Waals surface area contributed by atoms with Crippen molar-refractivity contribution in [2.75, 3.05) is 0 Å². The van der Waals surface area contributed by atoms with E-state index in [9.17, 15) is 4.79 Å². The second-order valence-corrected chi connectivity index (χ2v) is 4.57. The smallest absolute Gasteiger partial charge is 0.302 e. The highest BCUT2D eigenvalue weighted by Gasteiger charge is 2.34. The third kappa shape index (κ3) is 3.11. The highest BCUT2D eigenvalue weighted by Crippen LogP contribution is 2.32. The number of hydrogen-bond acceptors (Lipinski definition) is 3. The summed E-state index contributed by atoms with van der Waals surface area (Å²) in [4.78, 5) is 10.9. The molecular formula is C11H19ClN2O2. The quantitative estimate of drug-likeness (QED) is 0.695. The number of piperidine rings is 1. The van der Waals surface area contributed by atoms with Gasteiger partial charge in [-0.2, -0.15) is 0 Å². The zero-order valence-electron chi connectivity index (χ0n) is 9.49. The summed E-state index contributed by atoms with van der Waals surface area (Å²) >= 11 is 0. The summed E-state index contributed by atoms with van der Waals surface area (Å²) in [6, 6.07) is 0.443. The first-order valence-corrected chi connectivity index (χ1v) is 5.66. The summed E-state index contributed by atoms with van der Waals surface area (Å²) in [5, 5.41) is 10.8. The molecule has 1 saturated heterocycles. The third-order valence-electron chi connectivity index (χ3n) is 3.39. The zero-order valence-corrected chi connectivity index (χ0v) is 10.3. The Bertz CT molecular complexity index is 283. The average molecular weight is 247 g/mol. The zero-order chi connectivity index (χ0) is 10.8. The van der Waals surface area contributed by atoms with Crippen molar-refractivity contribution in [3.8, 4) is 0 Å². The highest BCUT2D eigenvalue weighted by molar-refractivity contribution is 5.85. The van der Waals surface area contributed by atoms with Crippen molar-refractivity contribution in [2.45, 2.75) is 51.2 Å². The fraction of sp³-hybridized carbons (Fsp3) is 0.818. The van der Waals surface area contributed by atoms with Gasteiger partial charge in [0.25, 0.3) is 0 Å². The van der Waals surface area contributed by atoms with Crippen LogP contribution in [0.25, 0.3) is 0 Å². The topological polar surface area (TPSA) is 62.2 Å². The van der Waals surface area contributed by atoms with Gasteiger partial charge in [0.05, 0.1) is 5.84 Å². The molecular weight excluding hydrogens is 228 g/mol. The summed E-state index contributed by atoms with van der Waals surface area (Å²) in [5.74, 6) is 1.08. The van der Waals surface area contributed by atoms with Gasteiger partial charge < -0.3 is 10.1 Å². The molecule has 3 unspecified atom stereocenters. The van der Waals surface area contributed by atoms with Gasteiger partial charge in [-0.25, -0.2) is 0 Å². The first kappa shape index (κ1) is 13.3. The summed E-state index contributed by atoms with van der Waals surface area (Å²) in [5.41, 5.74) is 0. The third-order valence-corrected chi connectivity index (χ3v) is 3.39. The van der Waals surface area contributed by atoms with Gasteiger partial charge in [-0.3, -0.25) is 10.2 Å². The monoisotopic (exact) mass is 246 g/mol. The van der Waals surface area contributed by atoms with E-state index in [1.54, 1.807) is 0 Å². The Morgan fingerprint density at radius 2 is 2.19 bits per heavy atom. The Labute approximate surface area is 102 Å². The number of carbonyl (C=O) groups is 1. The molecule has 3 atom stereocenters. The van der Waals surface area contributed by atoms with Crippen LogP contribution in [-0.2, 0) is 9.53 Å². The molecule has 0 aromatic carbocycles. The van der Waals surface area contributed by atoms with Gasteiger partial charge in [0.2, 0.25) is 0 Å². The number of rotatable bonds is 1. The average Bonchev–Trinajstić information content (AvgIpc) is 2.17. The summed E-state index contributed by atoms with van der Waals surface area (Å²) < 4.78 is 5.25. The Kier molecular flexibility index (Phi) is 4.59. The normalized spacial score (nSPS) is 33.1. The Morgan fingerprint density at radius 1 is 1.44 bits per heavy atom. The molecule has 1 aliphatic heterocycles.